The minimum atomic E-state index is -4.47. The van der Waals surface area contributed by atoms with E-state index in [1.54, 1.807) is 4.90 Å². The zero-order valence-electron chi connectivity index (χ0n) is 13.1. The van der Waals surface area contributed by atoms with E-state index in [1.165, 1.54) is 24.2 Å². The van der Waals surface area contributed by atoms with Gasteiger partial charge in [0, 0.05) is 32.6 Å². The Morgan fingerprint density at radius 1 is 0.913 bits per heavy atom. The van der Waals surface area contributed by atoms with Crippen molar-refractivity contribution in [3.63, 3.8) is 0 Å². The Labute approximate surface area is 134 Å². The maximum Gasteiger partial charge on any atom is 0.397 e. The number of alkyl halides is 3. The zero-order chi connectivity index (χ0) is 16.6. The molecule has 3 rings (SSSR count). The predicted molar refractivity (Wildman–Crippen MR) is 77.4 cm³/mol. The second kappa shape index (κ2) is 6.32. The van der Waals surface area contributed by atoms with E-state index in [4.69, 9.17) is 0 Å². The fraction of sp³-hybridized carbons (Fsp3) is 0.875. The van der Waals surface area contributed by atoms with Crippen molar-refractivity contribution in [3.8, 4) is 0 Å². The van der Waals surface area contributed by atoms with Crippen LogP contribution in [0.3, 0.4) is 0 Å². The van der Waals surface area contributed by atoms with Crippen LogP contribution in [0.5, 0.6) is 0 Å². The molecule has 0 N–H and O–H groups in total. The minimum Gasteiger partial charge on any atom is -0.339 e. The van der Waals surface area contributed by atoms with Crippen molar-refractivity contribution >= 4 is 11.8 Å². The lowest BCUT2D eigenvalue weighted by molar-refractivity contribution is -0.163. The first-order valence-electron chi connectivity index (χ1n) is 8.44. The second-order valence-corrected chi connectivity index (χ2v) is 7.19. The van der Waals surface area contributed by atoms with E-state index < -0.39 is 18.5 Å². The Morgan fingerprint density at radius 2 is 1.52 bits per heavy atom. The topological polar surface area (TPSA) is 40.6 Å². The van der Waals surface area contributed by atoms with Crippen LogP contribution in [0.15, 0.2) is 0 Å². The van der Waals surface area contributed by atoms with Gasteiger partial charge < -0.3 is 9.80 Å². The zero-order valence-corrected chi connectivity index (χ0v) is 13.1. The molecular formula is C16H23F3N2O2. The maximum absolute atomic E-state index is 12.4. The van der Waals surface area contributed by atoms with E-state index in [0.29, 0.717) is 31.3 Å². The van der Waals surface area contributed by atoms with Crippen molar-refractivity contribution in [1.82, 2.24) is 9.80 Å². The first-order valence-corrected chi connectivity index (χ1v) is 8.44. The summed E-state index contributed by atoms with van der Waals surface area (Å²) in [5.74, 6) is 1.20. The highest BCUT2D eigenvalue weighted by Crippen LogP contribution is 2.49. The molecule has 2 aliphatic carbocycles. The number of amides is 2. The summed E-state index contributed by atoms with van der Waals surface area (Å²) in [6.45, 7) is 1.11. The summed E-state index contributed by atoms with van der Waals surface area (Å²) >= 11 is 0. The molecule has 23 heavy (non-hydrogen) atoms. The number of carbonyl (C=O) groups is 2. The number of fused-ring (bicyclic) bond motifs is 2. The molecule has 3 aliphatic rings. The summed E-state index contributed by atoms with van der Waals surface area (Å²) < 4.78 is 36.8. The number of nitrogens with zero attached hydrogens (tertiary/aromatic N) is 2. The summed E-state index contributed by atoms with van der Waals surface area (Å²) in [4.78, 5) is 26.9. The highest BCUT2D eigenvalue weighted by Gasteiger charge is 2.41. The first kappa shape index (κ1) is 16.6. The van der Waals surface area contributed by atoms with Gasteiger partial charge >= 0.3 is 6.18 Å². The van der Waals surface area contributed by atoms with Gasteiger partial charge in [-0.05, 0) is 37.0 Å². The Morgan fingerprint density at radius 3 is 2.00 bits per heavy atom. The molecule has 1 aliphatic heterocycles. The van der Waals surface area contributed by atoms with Crippen LogP contribution in [0.2, 0.25) is 0 Å². The molecule has 0 aromatic heterocycles. The second-order valence-electron chi connectivity index (χ2n) is 7.19. The number of piperazine rings is 1. The van der Waals surface area contributed by atoms with E-state index in [-0.39, 0.29) is 19.0 Å². The third-order valence-electron chi connectivity index (χ3n) is 5.66. The average molecular weight is 332 g/mol. The van der Waals surface area contributed by atoms with Crippen LogP contribution in [-0.2, 0) is 9.59 Å². The number of rotatable bonds is 3. The molecule has 0 aromatic rings. The third-order valence-corrected chi connectivity index (χ3v) is 5.66. The van der Waals surface area contributed by atoms with E-state index in [9.17, 15) is 22.8 Å². The van der Waals surface area contributed by atoms with Crippen LogP contribution < -0.4 is 0 Å². The lowest BCUT2D eigenvalue weighted by Crippen LogP contribution is -2.51. The van der Waals surface area contributed by atoms with Crippen LogP contribution in [0.25, 0.3) is 0 Å². The summed E-state index contributed by atoms with van der Waals surface area (Å²) in [5, 5.41) is 0. The molecular weight excluding hydrogens is 309 g/mol. The molecule has 7 heteroatoms. The fourth-order valence-electron chi connectivity index (χ4n) is 4.47. The van der Waals surface area contributed by atoms with E-state index in [0.717, 1.165) is 12.3 Å². The van der Waals surface area contributed by atoms with Gasteiger partial charge in [-0.1, -0.05) is 6.42 Å². The van der Waals surface area contributed by atoms with E-state index >= 15 is 0 Å². The normalized spacial score (nSPS) is 30.8. The van der Waals surface area contributed by atoms with Crippen molar-refractivity contribution in [2.24, 2.45) is 17.8 Å². The molecule has 1 saturated heterocycles. The predicted octanol–water partition coefficient (Wildman–Crippen LogP) is 2.44. The lowest BCUT2D eigenvalue weighted by atomic mass is 9.86. The van der Waals surface area contributed by atoms with Gasteiger partial charge in [-0.25, -0.2) is 0 Å². The molecule has 0 radical (unpaired) electrons. The molecule has 0 spiro atoms. The molecule has 0 aromatic carbocycles. The average Bonchev–Trinajstić information content (AvgIpc) is 3.08. The van der Waals surface area contributed by atoms with Crippen molar-refractivity contribution in [2.75, 3.05) is 26.2 Å². The third kappa shape index (κ3) is 3.98. The molecule has 2 bridgehead atoms. The monoisotopic (exact) mass is 332 g/mol. The molecule has 3 atom stereocenters. The Balaban J connectivity index is 1.43. The van der Waals surface area contributed by atoms with E-state index in [2.05, 4.69) is 0 Å². The van der Waals surface area contributed by atoms with Crippen molar-refractivity contribution in [1.29, 1.82) is 0 Å². The summed E-state index contributed by atoms with van der Waals surface area (Å²) in [6.07, 6.45) is -0.356. The van der Waals surface area contributed by atoms with Crippen LogP contribution in [0.1, 0.15) is 38.5 Å². The van der Waals surface area contributed by atoms with Gasteiger partial charge in [-0.3, -0.25) is 9.59 Å². The van der Waals surface area contributed by atoms with Gasteiger partial charge in [0.05, 0.1) is 0 Å². The Bertz CT molecular complexity index is 472. The van der Waals surface area contributed by atoms with E-state index in [1.807, 2.05) is 0 Å². The summed E-state index contributed by atoms with van der Waals surface area (Å²) in [5.41, 5.74) is 0. The van der Waals surface area contributed by atoms with Gasteiger partial charge in [-0.15, -0.1) is 0 Å². The van der Waals surface area contributed by atoms with Crippen LogP contribution in [0.4, 0.5) is 13.2 Å². The standard InChI is InChI=1S/C16H23F3N2O2/c17-16(18,19)10-15(23)21-5-3-20(4-6-21)14(22)9-13-8-11-1-2-12(13)7-11/h11-13H,1-10H2. The molecule has 1 heterocycles. The summed E-state index contributed by atoms with van der Waals surface area (Å²) in [6, 6.07) is 0. The highest BCUT2D eigenvalue weighted by atomic mass is 19.4. The van der Waals surface area contributed by atoms with Gasteiger partial charge in [0.25, 0.3) is 0 Å². The largest absolute Gasteiger partial charge is 0.397 e. The number of carbonyl (C=O) groups excluding carboxylic acids is 2. The molecule has 130 valence electrons. The first-order chi connectivity index (χ1) is 10.8. The molecule has 3 unspecified atom stereocenters. The number of hydrogen-bond acceptors (Lipinski definition) is 2. The van der Waals surface area contributed by atoms with Crippen molar-refractivity contribution in [2.45, 2.75) is 44.7 Å². The van der Waals surface area contributed by atoms with Crippen LogP contribution >= 0.6 is 0 Å². The SMILES string of the molecule is O=C(CC1CC2CCC1C2)N1CCN(C(=O)CC(F)(F)F)CC1. The maximum atomic E-state index is 12.4. The quantitative estimate of drug-likeness (QED) is 0.796. The smallest absolute Gasteiger partial charge is 0.339 e. The lowest BCUT2D eigenvalue weighted by Gasteiger charge is -2.36. The van der Waals surface area contributed by atoms with Crippen LogP contribution in [0, 0.1) is 17.8 Å². The fourth-order valence-corrected chi connectivity index (χ4v) is 4.47. The highest BCUT2D eigenvalue weighted by molar-refractivity contribution is 5.79. The molecule has 2 saturated carbocycles. The van der Waals surface area contributed by atoms with Gasteiger partial charge in [0.15, 0.2) is 0 Å². The molecule has 4 nitrogen and oxygen atoms in total. The minimum absolute atomic E-state index is 0.102. The van der Waals surface area contributed by atoms with Crippen LogP contribution in [-0.4, -0.2) is 54.0 Å². The Kier molecular flexibility index (Phi) is 4.56. The molecule has 2 amide bonds. The van der Waals surface area contributed by atoms with Gasteiger partial charge in [0.2, 0.25) is 11.8 Å². The molecule has 3 fully saturated rings. The summed E-state index contributed by atoms with van der Waals surface area (Å²) in [7, 11) is 0. The van der Waals surface area contributed by atoms with Crippen molar-refractivity contribution in [3.05, 3.63) is 0 Å². The van der Waals surface area contributed by atoms with Gasteiger partial charge in [0.1, 0.15) is 6.42 Å². The van der Waals surface area contributed by atoms with Crippen molar-refractivity contribution < 1.29 is 22.8 Å². The number of hydrogen-bond donors (Lipinski definition) is 0. The number of halogens is 3. The Hall–Kier alpha value is -1.27. The van der Waals surface area contributed by atoms with Gasteiger partial charge in [-0.2, -0.15) is 13.2 Å².